The Bertz CT molecular complexity index is 543. The van der Waals surface area contributed by atoms with Crippen molar-refractivity contribution in [3.05, 3.63) is 47.1 Å². The normalized spacial score (nSPS) is 10.3. The highest BCUT2D eigenvalue weighted by atomic mass is 35.5. The van der Waals surface area contributed by atoms with E-state index < -0.39 is 5.82 Å². The van der Waals surface area contributed by atoms with Crippen LogP contribution in [0.4, 0.5) is 10.2 Å². The SMILES string of the molecule is CCCNc1cnc(COc2c(F)cccc2Cl)cn1. The van der Waals surface area contributed by atoms with Crippen LogP contribution in [0.2, 0.25) is 5.02 Å². The zero-order chi connectivity index (χ0) is 14.4. The maximum atomic E-state index is 13.5. The van der Waals surface area contributed by atoms with E-state index in [0.29, 0.717) is 11.5 Å². The van der Waals surface area contributed by atoms with Crippen molar-refractivity contribution in [2.45, 2.75) is 20.0 Å². The van der Waals surface area contributed by atoms with E-state index in [9.17, 15) is 4.39 Å². The topological polar surface area (TPSA) is 47.0 Å². The Hall–Kier alpha value is -1.88. The van der Waals surface area contributed by atoms with Crippen molar-refractivity contribution < 1.29 is 9.13 Å². The summed E-state index contributed by atoms with van der Waals surface area (Å²) in [6.07, 6.45) is 4.22. The van der Waals surface area contributed by atoms with Gasteiger partial charge in [-0.15, -0.1) is 0 Å². The average molecular weight is 296 g/mol. The number of ether oxygens (including phenoxy) is 1. The van der Waals surface area contributed by atoms with Crippen molar-refractivity contribution in [2.24, 2.45) is 0 Å². The number of nitrogens with one attached hydrogen (secondary N) is 1. The molecule has 0 unspecified atom stereocenters. The summed E-state index contributed by atoms with van der Waals surface area (Å²) in [5.41, 5.74) is 0.603. The molecule has 0 amide bonds. The monoisotopic (exact) mass is 295 g/mol. The highest BCUT2D eigenvalue weighted by Crippen LogP contribution is 2.27. The molecular weight excluding hydrogens is 281 g/mol. The van der Waals surface area contributed by atoms with Crippen molar-refractivity contribution >= 4 is 17.4 Å². The number of hydrogen-bond acceptors (Lipinski definition) is 4. The van der Waals surface area contributed by atoms with Crippen molar-refractivity contribution in [3.63, 3.8) is 0 Å². The van der Waals surface area contributed by atoms with Gasteiger partial charge in [-0.1, -0.05) is 24.6 Å². The van der Waals surface area contributed by atoms with Crippen molar-refractivity contribution in [1.29, 1.82) is 0 Å². The van der Waals surface area contributed by atoms with Gasteiger partial charge in [0.25, 0.3) is 0 Å². The molecule has 1 N–H and O–H groups in total. The highest BCUT2D eigenvalue weighted by Gasteiger charge is 2.08. The molecule has 0 aliphatic carbocycles. The first-order valence-electron chi connectivity index (χ1n) is 6.32. The number of hydrogen-bond donors (Lipinski definition) is 1. The number of rotatable bonds is 6. The van der Waals surface area contributed by atoms with E-state index in [4.69, 9.17) is 16.3 Å². The third-order valence-corrected chi connectivity index (χ3v) is 2.84. The highest BCUT2D eigenvalue weighted by molar-refractivity contribution is 6.32. The summed E-state index contributed by atoms with van der Waals surface area (Å²) >= 11 is 5.87. The van der Waals surface area contributed by atoms with Crippen LogP contribution in [0.15, 0.2) is 30.6 Å². The zero-order valence-electron chi connectivity index (χ0n) is 11.1. The molecule has 1 heterocycles. The second kappa shape index (κ2) is 7.05. The molecule has 0 atom stereocenters. The second-order valence-electron chi connectivity index (χ2n) is 4.16. The molecule has 0 radical (unpaired) electrons. The molecule has 1 aromatic carbocycles. The van der Waals surface area contributed by atoms with Gasteiger partial charge in [0.2, 0.25) is 0 Å². The molecule has 0 aliphatic rings. The molecule has 106 valence electrons. The second-order valence-corrected chi connectivity index (χ2v) is 4.57. The van der Waals surface area contributed by atoms with Gasteiger partial charge < -0.3 is 10.1 Å². The van der Waals surface area contributed by atoms with E-state index in [1.165, 1.54) is 12.1 Å². The number of anilines is 1. The number of aromatic nitrogens is 2. The zero-order valence-corrected chi connectivity index (χ0v) is 11.8. The Morgan fingerprint density at radius 1 is 1.30 bits per heavy atom. The minimum absolute atomic E-state index is 0.0316. The molecule has 1 aromatic heterocycles. The molecular formula is C14H15ClFN3O. The molecule has 20 heavy (non-hydrogen) atoms. The summed E-state index contributed by atoms with van der Waals surface area (Å²) in [6.45, 7) is 3.03. The Balaban J connectivity index is 1.97. The van der Waals surface area contributed by atoms with Gasteiger partial charge in [0.15, 0.2) is 11.6 Å². The molecule has 0 aliphatic heterocycles. The summed E-state index contributed by atoms with van der Waals surface area (Å²) in [4.78, 5) is 8.38. The van der Waals surface area contributed by atoms with Crippen LogP contribution >= 0.6 is 11.6 Å². The lowest BCUT2D eigenvalue weighted by atomic mass is 10.3. The van der Waals surface area contributed by atoms with Crippen LogP contribution in [0.3, 0.4) is 0 Å². The van der Waals surface area contributed by atoms with Gasteiger partial charge in [0.05, 0.1) is 23.1 Å². The summed E-state index contributed by atoms with van der Waals surface area (Å²) in [7, 11) is 0. The van der Waals surface area contributed by atoms with Gasteiger partial charge in [-0.3, -0.25) is 4.98 Å². The van der Waals surface area contributed by atoms with Crippen molar-refractivity contribution in [3.8, 4) is 5.75 Å². The molecule has 0 saturated carbocycles. The molecule has 4 nitrogen and oxygen atoms in total. The van der Waals surface area contributed by atoms with Crippen LogP contribution in [0, 0.1) is 5.82 Å². The Labute approximate surface area is 122 Å². The fourth-order valence-corrected chi connectivity index (χ4v) is 1.76. The summed E-state index contributed by atoms with van der Waals surface area (Å²) < 4.78 is 18.8. The number of benzene rings is 1. The quantitative estimate of drug-likeness (QED) is 0.883. The smallest absolute Gasteiger partial charge is 0.174 e. The maximum Gasteiger partial charge on any atom is 0.174 e. The van der Waals surface area contributed by atoms with E-state index >= 15 is 0 Å². The van der Waals surface area contributed by atoms with Gasteiger partial charge >= 0.3 is 0 Å². The van der Waals surface area contributed by atoms with E-state index in [2.05, 4.69) is 22.2 Å². The fraction of sp³-hybridized carbons (Fsp3) is 0.286. The average Bonchev–Trinajstić information content (AvgIpc) is 2.46. The van der Waals surface area contributed by atoms with Gasteiger partial charge in [-0.25, -0.2) is 9.37 Å². The molecule has 0 bridgehead atoms. The van der Waals surface area contributed by atoms with Crippen molar-refractivity contribution in [2.75, 3.05) is 11.9 Å². The molecule has 2 rings (SSSR count). The minimum Gasteiger partial charge on any atom is -0.483 e. The first-order valence-corrected chi connectivity index (χ1v) is 6.70. The van der Waals surface area contributed by atoms with Gasteiger partial charge in [-0.05, 0) is 18.6 Å². The number of para-hydroxylation sites is 1. The summed E-state index contributed by atoms with van der Waals surface area (Å²) in [5.74, 6) is 0.246. The van der Waals surface area contributed by atoms with Crippen LogP contribution in [0.25, 0.3) is 0 Å². The predicted molar refractivity (Wildman–Crippen MR) is 76.6 cm³/mol. The van der Waals surface area contributed by atoms with Crippen LogP contribution in [0.5, 0.6) is 5.75 Å². The first-order chi connectivity index (χ1) is 9.70. The predicted octanol–water partition coefficient (Wildman–Crippen LogP) is 3.67. The summed E-state index contributed by atoms with van der Waals surface area (Å²) in [6, 6.07) is 4.40. The Morgan fingerprint density at radius 3 is 2.80 bits per heavy atom. The minimum atomic E-state index is -0.494. The standard InChI is InChI=1S/C14H15ClFN3O/c1-2-6-17-13-8-18-10(7-19-13)9-20-14-11(15)4-3-5-12(14)16/h3-5,7-8H,2,6,9H2,1H3,(H,17,19). The lowest BCUT2D eigenvalue weighted by Gasteiger charge is -2.09. The third-order valence-electron chi connectivity index (χ3n) is 2.54. The lowest BCUT2D eigenvalue weighted by molar-refractivity contribution is 0.285. The first kappa shape index (κ1) is 14.5. The van der Waals surface area contributed by atoms with Crippen LogP contribution < -0.4 is 10.1 Å². The summed E-state index contributed by atoms with van der Waals surface area (Å²) in [5, 5.41) is 3.35. The lowest BCUT2D eigenvalue weighted by Crippen LogP contribution is -2.05. The molecule has 0 fully saturated rings. The third kappa shape index (κ3) is 3.81. The van der Waals surface area contributed by atoms with Crippen LogP contribution in [-0.2, 0) is 6.61 Å². The van der Waals surface area contributed by atoms with Gasteiger partial charge in [-0.2, -0.15) is 0 Å². The number of nitrogens with zero attached hydrogens (tertiary/aromatic N) is 2. The fourth-order valence-electron chi connectivity index (χ4n) is 1.54. The number of halogens is 2. The molecule has 6 heteroatoms. The van der Waals surface area contributed by atoms with Gasteiger partial charge in [0, 0.05) is 6.54 Å². The Morgan fingerprint density at radius 2 is 2.15 bits per heavy atom. The van der Waals surface area contributed by atoms with Crippen molar-refractivity contribution in [1.82, 2.24) is 9.97 Å². The molecule has 0 saturated heterocycles. The van der Waals surface area contributed by atoms with E-state index in [1.807, 2.05) is 0 Å². The van der Waals surface area contributed by atoms with E-state index in [-0.39, 0.29) is 17.4 Å². The van der Waals surface area contributed by atoms with E-state index in [0.717, 1.165) is 13.0 Å². The van der Waals surface area contributed by atoms with Crippen LogP contribution in [0.1, 0.15) is 19.0 Å². The Kier molecular flexibility index (Phi) is 5.12. The van der Waals surface area contributed by atoms with Crippen LogP contribution in [-0.4, -0.2) is 16.5 Å². The maximum absolute atomic E-state index is 13.5. The van der Waals surface area contributed by atoms with Gasteiger partial charge in [0.1, 0.15) is 12.4 Å². The molecule has 0 spiro atoms. The van der Waals surface area contributed by atoms with E-state index in [1.54, 1.807) is 18.5 Å². The largest absolute Gasteiger partial charge is 0.483 e. The molecule has 2 aromatic rings.